The maximum atomic E-state index is 11.4. The van der Waals surface area contributed by atoms with E-state index in [1.165, 1.54) is 70.1 Å². The van der Waals surface area contributed by atoms with E-state index in [9.17, 15) is 4.79 Å². The van der Waals surface area contributed by atoms with Crippen LogP contribution in [0, 0.1) is 0 Å². The van der Waals surface area contributed by atoms with E-state index in [1.807, 2.05) is 12.1 Å². The molecule has 0 bridgehead atoms. The van der Waals surface area contributed by atoms with Crippen molar-refractivity contribution in [3.05, 3.63) is 42.0 Å². The van der Waals surface area contributed by atoms with Gasteiger partial charge in [0.2, 0.25) is 0 Å². The number of carbonyl (C=O) groups excluding carboxylic acids is 1. The first kappa shape index (κ1) is 20.5. The van der Waals surface area contributed by atoms with E-state index in [4.69, 9.17) is 4.74 Å². The number of esters is 1. The summed E-state index contributed by atoms with van der Waals surface area (Å²) in [6.45, 7) is 3.74. The average Bonchev–Trinajstić information content (AvgIpc) is 2.63. The number of hydrogen-bond acceptors (Lipinski definition) is 2. The summed E-state index contributed by atoms with van der Waals surface area (Å²) in [6, 6.07) is 12.4. The van der Waals surface area contributed by atoms with Crippen molar-refractivity contribution in [2.45, 2.75) is 84.5 Å². The van der Waals surface area contributed by atoms with Crippen LogP contribution >= 0.6 is 0 Å². The molecule has 0 N–H and O–H groups in total. The van der Waals surface area contributed by atoms with Gasteiger partial charge < -0.3 is 4.74 Å². The van der Waals surface area contributed by atoms with Gasteiger partial charge in [-0.1, -0.05) is 89.0 Å². The second-order valence-corrected chi connectivity index (χ2v) is 7.33. The first-order valence-electron chi connectivity index (χ1n) is 10.4. The number of carbonyl (C=O) groups is 1. The summed E-state index contributed by atoms with van der Waals surface area (Å²) >= 11 is 0. The fourth-order valence-electron chi connectivity index (χ4n) is 3.51. The highest BCUT2D eigenvalue weighted by atomic mass is 16.5. The monoisotopic (exact) mass is 354 g/mol. The second kappa shape index (κ2) is 11.7. The van der Waals surface area contributed by atoms with E-state index in [2.05, 4.69) is 31.2 Å². The minimum atomic E-state index is -0.246. The molecule has 2 aromatic carbocycles. The Kier molecular flexibility index (Phi) is 9.23. The third kappa shape index (κ3) is 7.19. The van der Waals surface area contributed by atoms with E-state index in [0.717, 1.165) is 29.5 Å². The first-order valence-corrected chi connectivity index (χ1v) is 10.4. The zero-order valence-electron chi connectivity index (χ0n) is 16.6. The Morgan fingerprint density at radius 3 is 1.92 bits per heavy atom. The molecule has 0 aliphatic carbocycles. The molecule has 0 aliphatic heterocycles. The molecule has 0 fully saturated rings. The molecule has 26 heavy (non-hydrogen) atoms. The lowest BCUT2D eigenvalue weighted by Gasteiger charge is -2.11. The molecule has 0 saturated heterocycles. The fourth-order valence-corrected chi connectivity index (χ4v) is 3.51. The summed E-state index contributed by atoms with van der Waals surface area (Å²) in [6.07, 6.45) is 14.3. The predicted octanol–water partition coefficient (Wildman–Crippen LogP) is 7.23. The quantitative estimate of drug-likeness (QED) is 0.228. The van der Waals surface area contributed by atoms with Crippen molar-refractivity contribution < 1.29 is 9.53 Å². The van der Waals surface area contributed by atoms with Crippen LogP contribution < -0.4 is 4.74 Å². The van der Waals surface area contributed by atoms with Crippen molar-refractivity contribution in [1.82, 2.24) is 0 Å². The summed E-state index contributed by atoms with van der Waals surface area (Å²) in [4.78, 5) is 11.4. The summed E-state index contributed by atoms with van der Waals surface area (Å²) in [5, 5.41) is 2.33. The molecule has 142 valence electrons. The molecule has 0 aliphatic rings. The Hall–Kier alpha value is -1.83. The zero-order chi connectivity index (χ0) is 18.6. The number of hydrogen-bond donors (Lipinski definition) is 0. The highest BCUT2D eigenvalue weighted by molar-refractivity contribution is 5.86. The van der Waals surface area contributed by atoms with Crippen LogP contribution in [0.3, 0.4) is 0 Å². The largest absolute Gasteiger partial charge is 0.426 e. The normalized spacial score (nSPS) is 11.0. The van der Waals surface area contributed by atoms with Crippen molar-refractivity contribution in [2.75, 3.05) is 0 Å². The second-order valence-electron chi connectivity index (χ2n) is 7.33. The van der Waals surface area contributed by atoms with E-state index < -0.39 is 0 Å². The summed E-state index contributed by atoms with van der Waals surface area (Å²) in [5.74, 6) is 0.483. The fraction of sp³-hybridized carbons (Fsp3) is 0.542. The van der Waals surface area contributed by atoms with Gasteiger partial charge in [0.1, 0.15) is 5.75 Å². The molecule has 0 spiro atoms. The van der Waals surface area contributed by atoms with Crippen molar-refractivity contribution in [3.63, 3.8) is 0 Å². The molecule has 0 radical (unpaired) electrons. The highest BCUT2D eigenvalue weighted by Gasteiger charge is 2.08. The topological polar surface area (TPSA) is 26.3 Å². The Labute approximate surface area is 158 Å². The molecular weight excluding hydrogens is 320 g/mol. The molecule has 0 aromatic heterocycles. The predicted molar refractivity (Wildman–Crippen MR) is 111 cm³/mol. The Bertz CT molecular complexity index is 675. The minimum Gasteiger partial charge on any atom is -0.426 e. The Morgan fingerprint density at radius 2 is 1.35 bits per heavy atom. The number of ether oxygens (including phenoxy) is 1. The van der Waals surface area contributed by atoms with Gasteiger partial charge in [-0.25, -0.2) is 0 Å². The van der Waals surface area contributed by atoms with Gasteiger partial charge in [-0.05, 0) is 41.3 Å². The number of rotatable bonds is 12. The van der Waals surface area contributed by atoms with Crippen LogP contribution in [0.1, 0.15) is 83.6 Å². The molecule has 2 rings (SSSR count). The average molecular weight is 355 g/mol. The number of unbranched alkanes of at least 4 members (excludes halogenated alkanes) is 9. The highest BCUT2D eigenvalue weighted by Crippen LogP contribution is 2.28. The molecule has 0 atom stereocenters. The van der Waals surface area contributed by atoms with Gasteiger partial charge in [-0.2, -0.15) is 0 Å². The minimum absolute atomic E-state index is 0.246. The first-order chi connectivity index (χ1) is 12.7. The van der Waals surface area contributed by atoms with Gasteiger partial charge in [0.05, 0.1) is 0 Å². The molecule has 2 nitrogen and oxygen atoms in total. The molecule has 0 saturated carbocycles. The van der Waals surface area contributed by atoms with Gasteiger partial charge in [0.25, 0.3) is 0 Å². The van der Waals surface area contributed by atoms with E-state index in [1.54, 1.807) is 0 Å². The lowest BCUT2D eigenvalue weighted by Crippen LogP contribution is -2.04. The molecule has 0 heterocycles. The van der Waals surface area contributed by atoms with E-state index in [-0.39, 0.29) is 5.97 Å². The third-order valence-electron chi connectivity index (χ3n) is 4.98. The smallest absolute Gasteiger partial charge is 0.308 e. The maximum Gasteiger partial charge on any atom is 0.308 e. The molecule has 0 amide bonds. The van der Waals surface area contributed by atoms with Crippen LogP contribution in [-0.4, -0.2) is 5.97 Å². The lowest BCUT2D eigenvalue weighted by molar-refractivity contribution is -0.131. The van der Waals surface area contributed by atoms with Crippen LogP contribution in [0.25, 0.3) is 10.8 Å². The van der Waals surface area contributed by atoms with Crippen molar-refractivity contribution >= 4 is 16.7 Å². The van der Waals surface area contributed by atoms with E-state index in [0.29, 0.717) is 0 Å². The molecule has 2 aromatic rings. The third-order valence-corrected chi connectivity index (χ3v) is 4.98. The van der Waals surface area contributed by atoms with Crippen LogP contribution in [0.15, 0.2) is 36.4 Å². The van der Waals surface area contributed by atoms with Crippen molar-refractivity contribution in [3.8, 4) is 5.75 Å². The number of benzene rings is 2. The van der Waals surface area contributed by atoms with Crippen LogP contribution in [0.5, 0.6) is 5.75 Å². The lowest BCUT2D eigenvalue weighted by atomic mass is 10.00. The van der Waals surface area contributed by atoms with Crippen molar-refractivity contribution in [1.29, 1.82) is 0 Å². The van der Waals surface area contributed by atoms with Crippen LogP contribution in [-0.2, 0) is 11.2 Å². The summed E-state index contributed by atoms with van der Waals surface area (Å²) in [5.41, 5.74) is 1.15. The Balaban J connectivity index is 1.77. The van der Waals surface area contributed by atoms with Gasteiger partial charge in [0.15, 0.2) is 0 Å². The zero-order valence-corrected chi connectivity index (χ0v) is 16.6. The number of fused-ring (bicyclic) bond motifs is 1. The molecule has 0 unspecified atom stereocenters. The van der Waals surface area contributed by atoms with Crippen molar-refractivity contribution in [2.24, 2.45) is 0 Å². The van der Waals surface area contributed by atoms with Gasteiger partial charge in [-0.3, -0.25) is 4.79 Å². The van der Waals surface area contributed by atoms with Crippen LogP contribution in [0.2, 0.25) is 0 Å². The molecule has 2 heteroatoms. The standard InChI is InChI=1S/C24H34O2/c1-3-4-5-6-7-8-9-10-11-12-17-23-18-21-15-13-14-16-22(21)19-24(23)26-20(2)25/h13-16,18-19H,3-12,17H2,1-2H3. The SMILES string of the molecule is CCCCCCCCCCCCc1cc2ccccc2cc1OC(C)=O. The maximum absolute atomic E-state index is 11.4. The Morgan fingerprint density at radius 1 is 0.808 bits per heavy atom. The van der Waals surface area contributed by atoms with Gasteiger partial charge in [-0.15, -0.1) is 0 Å². The summed E-state index contributed by atoms with van der Waals surface area (Å²) < 4.78 is 5.46. The number of aryl methyl sites for hydroxylation is 1. The van der Waals surface area contributed by atoms with Gasteiger partial charge in [0, 0.05) is 6.92 Å². The summed E-state index contributed by atoms with van der Waals surface area (Å²) in [7, 11) is 0. The van der Waals surface area contributed by atoms with E-state index >= 15 is 0 Å². The molecular formula is C24H34O2. The van der Waals surface area contributed by atoms with Crippen LogP contribution in [0.4, 0.5) is 0 Å². The van der Waals surface area contributed by atoms with Gasteiger partial charge >= 0.3 is 5.97 Å².